The number of carbonyl (C=O) groups is 1. The second kappa shape index (κ2) is 4.75. The minimum absolute atomic E-state index is 0.0762. The maximum Gasteiger partial charge on any atom is 0.307 e. The Morgan fingerprint density at radius 1 is 1.53 bits per heavy atom. The van der Waals surface area contributed by atoms with Crippen LogP contribution in [0.15, 0.2) is 18.2 Å². The minimum Gasteiger partial charge on any atom is -0.496 e. The SMILES string of the molecule is COc1cccc(C)c1C1CC(C(=O)O)CN1. The Hall–Kier alpha value is -1.55. The first-order chi connectivity index (χ1) is 8.13. The van der Waals surface area contributed by atoms with E-state index in [2.05, 4.69) is 5.32 Å². The topological polar surface area (TPSA) is 58.6 Å². The Balaban J connectivity index is 2.26. The van der Waals surface area contributed by atoms with Crippen molar-refractivity contribution in [2.24, 2.45) is 5.92 Å². The van der Waals surface area contributed by atoms with Crippen LogP contribution < -0.4 is 10.1 Å². The molecule has 0 spiro atoms. The van der Waals surface area contributed by atoms with Crippen LogP contribution in [0.3, 0.4) is 0 Å². The molecule has 1 aromatic carbocycles. The van der Waals surface area contributed by atoms with Gasteiger partial charge in [0.2, 0.25) is 0 Å². The molecule has 2 unspecified atom stereocenters. The molecule has 0 amide bonds. The van der Waals surface area contributed by atoms with E-state index in [0.29, 0.717) is 13.0 Å². The van der Waals surface area contributed by atoms with E-state index in [1.54, 1.807) is 7.11 Å². The summed E-state index contributed by atoms with van der Waals surface area (Å²) >= 11 is 0. The zero-order valence-corrected chi connectivity index (χ0v) is 10.1. The number of aliphatic carboxylic acids is 1. The first-order valence-electron chi connectivity index (χ1n) is 5.73. The fourth-order valence-electron chi connectivity index (χ4n) is 2.42. The number of hydrogen-bond acceptors (Lipinski definition) is 3. The van der Waals surface area contributed by atoms with E-state index in [1.807, 2.05) is 25.1 Å². The largest absolute Gasteiger partial charge is 0.496 e. The average Bonchev–Trinajstić information content (AvgIpc) is 2.77. The van der Waals surface area contributed by atoms with Gasteiger partial charge in [-0.3, -0.25) is 4.79 Å². The van der Waals surface area contributed by atoms with Crippen LogP contribution in [0.4, 0.5) is 0 Å². The number of carboxylic acid groups (broad SMARTS) is 1. The van der Waals surface area contributed by atoms with E-state index in [9.17, 15) is 4.79 Å². The van der Waals surface area contributed by atoms with Crippen LogP contribution in [0.2, 0.25) is 0 Å². The van der Waals surface area contributed by atoms with Gasteiger partial charge in [-0.15, -0.1) is 0 Å². The van der Waals surface area contributed by atoms with E-state index >= 15 is 0 Å². The maximum atomic E-state index is 10.9. The van der Waals surface area contributed by atoms with Gasteiger partial charge < -0.3 is 15.2 Å². The van der Waals surface area contributed by atoms with Gasteiger partial charge in [-0.05, 0) is 25.0 Å². The van der Waals surface area contributed by atoms with Crippen LogP contribution in [-0.2, 0) is 4.79 Å². The second-order valence-corrected chi connectivity index (χ2v) is 4.42. The van der Waals surface area contributed by atoms with Gasteiger partial charge in [0, 0.05) is 18.2 Å². The van der Waals surface area contributed by atoms with E-state index in [0.717, 1.165) is 16.9 Å². The Kier molecular flexibility index (Phi) is 3.33. The van der Waals surface area contributed by atoms with Crippen LogP contribution >= 0.6 is 0 Å². The number of rotatable bonds is 3. The lowest BCUT2D eigenvalue weighted by Gasteiger charge is -2.17. The standard InChI is InChI=1S/C13H17NO3/c1-8-4-3-5-11(17-2)12(8)10-6-9(7-14-10)13(15)16/h3-5,9-10,14H,6-7H2,1-2H3,(H,15,16). The predicted molar refractivity (Wildman–Crippen MR) is 64.2 cm³/mol. The van der Waals surface area contributed by atoms with E-state index in [1.165, 1.54) is 0 Å². The maximum absolute atomic E-state index is 10.9. The van der Waals surface area contributed by atoms with Crippen molar-refractivity contribution < 1.29 is 14.6 Å². The monoisotopic (exact) mass is 235 g/mol. The zero-order chi connectivity index (χ0) is 12.4. The van der Waals surface area contributed by atoms with Gasteiger partial charge >= 0.3 is 5.97 Å². The van der Waals surface area contributed by atoms with Gasteiger partial charge in [0.15, 0.2) is 0 Å². The number of aryl methyl sites for hydroxylation is 1. The molecule has 92 valence electrons. The van der Waals surface area contributed by atoms with Crippen LogP contribution in [0.1, 0.15) is 23.6 Å². The molecule has 1 heterocycles. The number of carboxylic acids is 1. The number of nitrogens with one attached hydrogen (secondary N) is 1. The molecule has 1 saturated heterocycles. The molecule has 1 aliphatic rings. The average molecular weight is 235 g/mol. The Bertz CT molecular complexity index is 431. The molecule has 4 nitrogen and oxygen atoms in total. The Morgan fingerprint density at radius 3 is 2.88 bits per heavy atom. The van der Waals surface area contributed by atoms with E-state index < -0.39 is 5.97 Å². The summed E-state index contributed by atoms with van der Waals surface area (Å²) in [5.74, 6) is -0.203. The highest BCUT2D eigenvalue weighted by atomic mass is 16.5. The molecule has 0 saturated carbocycles. The summed E-state index contributed by atoms with van der Waals surface area (Å²) in [6, 6.07) is 5.96. The fraction of sp³-hybridized carbons (Fsp3) is 0.462. The molecule has 1 fully saturated rings. The summed E-state index contributed by atoms with van der Waals surface area (Å²) < 4.78 is 5.35. The highest BCUT2D eigenvalue weighted by Gasteiger charge is 2.32. The van der Waals surface area contributed by atoms with Crippen molar-refractivity contribution in [3.8, 4) is 5.75 Å². The van der Waals surface area contributed by atoms with Crippen molar-refractivity contribution in [1.82, 2.24) is 5.32 Å². The molecule has 17 heavy (non-hydrogen) atoms. The number of methoxy groups -OCH3 is 1. The van der Waals surface area contributed by atoms with Gasteiger partial charge in [0.25, 0.3) is 0 Å². The molecule has 2 N–H and O–H groups in total. The van der Waals surface area contributed by atoms with Crippen molar-refractivity contribution in [2.75, 3.05) is 13.7 Å². The van der Waals surface area contributed by atoms with Crippen LogP contribution in [0, 0.1) is 12.8 Å². The van der Waals surface area contributed by atoms with Crippen molar-refractivity contribution in [2.45, 2.75) is 19.4 Å². The summed E-state index contributed by atoms with van der Waals surface area (Å²) in [5, 5.41) is 12.3. The molecule has 1 aliphatic heterocycles. The smallest absolute Gasteiger partial charge is 0.307 e. The molecule has 1 aromatic rings. The third kappa shape index (κ3) is 2.26. The van der Waals surface area contributed by atoms with Crippen molar-refractivity contribution in [3.63, 3.8) is 0 Å². The minimum atomic E-state index is -0.729. The van der Waals surface area contributed by atoms with Crippen LogP contribution in [-0.4, -0.2) is 24.7 Å². The third-order valence-electron chi connectivity index (χ3n) is 3.33. The van der Waals surface area contributed by atoms with Gasteiger partial charge in [0.05, 0.1) is 13.0 Å². The van der Waals surface area contributed by atoms with Crippen LogP contribution in [0.5, 0.6) is 5.75 Å². The summed E-state index contributed by atoms with van der Waals surface area (Å²) in [7, 11) is 1.64. The second-order valence-electron chi connectivity index (χ2n) is 4.42. The van der Waals surface area contributed by atoms with Gasteiger partial charge in [-0.2, -0.15) is 0 Å². The zero-order valence-electron chi connectivity index (χ0n) is 10.1. The Labute approximate surface area is 101 Å². The molecule has 0 aromatic heterocycles. The van der Waals surface area contributed by atoms with Gasteiger partial charge in [0.1, 0.15) is 5.75 Å². The molecular formula is C13H17NO3. The Morgan fingerprint density at radius 2 is 2.29 bits per heavy atom. The van der Waals surface area contributed by atoms with Gasteiger partial charge in [-0.25, -0.2) is 0 Å². The lowest BCUT2D eigenvalue weighted by atomic mass is 9.96. The van der Waals surface area contributed by atoms with Crippen molar-refractivity contribution >= 4 is 5.97 Å². The first kappa shape index (κ1) is 11.9. The summed E-state index contributed by atoms with van der Waals surface area (Å²) in [5.41, 5.74) is 2.21. The van der Waals surface area contributed by atoms with Crippen LogP contribution in [0.25, 0.3) is 0 Å². The van der Waals surface area contributed by atoms with E-state index in [4.69, 9.17) is 9.84 Å². The van der Waals surface area contributed by atoms with E-state index in [-0.39, 0.29) is 12.0 Å². The fourth-order valence-corrected chi connectivity index (χ4v) is 2.42. The summed E-state index contributed by atoms with van der Waals surface area (Å²) in [6.45, 7) is 2.55. The molecule has 0 bridgehead atoms. The van der Waals surface area contributed by atoms with Gasteiger partial charge in [-0.1, -0.05) is 12.1 Å². The number of benzene rings is 1. The highest BCUT2D eigenvalue weighted by molar-refractivity contribution is 5.71. The molecule has 2 atom stereocenters. The van der Waals surface area contributed by atoms with Crippen molar-refractivity contribution in [1.29, 1.82) is 0 Å². The molecule has 4 heteroatoms. The summed E-state index contributed by atoms with van der Waals surface area (Å²) in [4.78, 5) is 10.9. The lowest BCUT2D eigenvalue weighted by molar-refractivity contribution is -0.141. The lowest BCUT2D eigenvalue weighted by Crippen LogP contribution is -2.17. The molecule has 0 aliphatic carbocycles. The first-order valence-corrected chi connectivity index (χ1v) is 5.73. The third-order valence-corrected chi connectivity index (χ3v) is 3.33. The normalized spacial score (nSPS) is 23.6. The number of ether oxygens (including phenoxy) is 1. The molecule has 0 radical (unpaired) electrons. The quantitative estimate of drug-likeness (QED) is 0.837. The van der Waals surface area contributed by atoms with Crippen molar-refractivity contribution in [3.05, 3.63) is 29.3 Å². The number of hydrogen-bond donors (Lipinski definition) is 2. The predicted octanol–water partition coefficient (Wildman–Crippen LogP) is 1.74. The highest BCUT2D eigenvalue weighted by Crippen LogP contribution is 2.35. The molecule has 2 rings (SSSR count). The molecular weight excluding hydrogens is 218 g/mol. The summed E-state index contributed by atoms with van der Waals surface area (Å²) in [6.07, 6.45) is 0.622.